The number of anilines is 1. The Morgan fingerprint density at radius 1 is 1.21 bits per heavy atom. The number of hydrogen-bond acceptors (Lipinski definition) is 6. The molecule has 0 saturated heterocycles. The topological polar surface area (TPSA) is 87.1 Å². The molecule has 0 aliphatic rings. The number of hydrogen-bond donors (Lipinski definition) is 1. The summed E-state index contributed by atoms with van der Waals surface area (Å²) in [5.74, 6) is 1.12. The van der Waals surface area contributed by atoms with E-state index in [0.717, 1.165) is 27.9 Å². The van der Waals surface area contributed by atoms with E-state index >= 15 is 0 Å². The SMILES string of the molecule is COc1ccc2nc(C)cc(-c3nnc(N)o3)c2c1. The van der Waals surface area contributed by atoms with Crippen LogP contribution in [0.1, 0.15) is 5.69 Å². The average molecular weight is 256 g/mol. The van der Waals surface area contributed by atoms with Crippen molar-refractivity contribution in [3.63, 3.8) is 0 Å². The van der Waals surface area contributed by atoms with Crippen molar-refractivity contribution in [2.75, 3.05) is 12.8 Å². The molecule has 96 valence electrons. The maximum atomic E-state index is 5.47. The maximum Gasteiger partial charge on any atom is 0.313 e. The zero-order chi connectivity index (χ0) is 13.4. The predicted octanol–water partition coefficient (Wildman–Crippen LogP) is 2.18. The van der Waals surface area contributed by atoms with Gasteiger partial charge in [-0.15, -0.1) is 5.10 Å². The highest BCUT2D eigenvalue weighted by Crippen LogP contribution is 2.30. The first-order valence-electron chi connectivity index (χ1n) is 5.72. The zero-order valence-electron chi connectivity index (χ0n) is 10.5. The van der Waals surface area contributed by atoms with Crippen molar-refractivity contribution in [3.8, 4) is 17.2 Å². The molecule has 2 heterocycles. The molecule has 0 spiro atoms. The molecule has 0 bridgehead atoms. The van der Waals surface area contributed by atoms with Gasteiger partial charge in [0.1, 0.15) is 5.75 Å². The van der Waals surface area contributed by atoms with Gasteiger partial charge in [-0.3, -0.25) is 4.98 Å². The number of aromatic nitrogens is 3. The van der Waals surface area contributed by atoms with Crippen molar-refractivity contribution in [2.45, 2.75) is 6.92 Å². The lowest BCUT2D eigenvalue weighted by atomic mass is 10.1. The highest BCUT2D eigenvalue weighted by molar-refractivity contribution is 5.93. The van der Waals surface area contributed by atoms with Gasteiger partial charge in [0.05, 0.1) is 18.2 Å². The molecule has 2 N–H and O–H groups in total. The quantitative estimate of drug-likeness (QED) is 0.756. The third-order valence-corrected chi connectivity index (χ3v) is 2.81. The van der Waals surface area contributed by atoms with Gasteiger partial charge in [-0.1, -0.05) is 5.10 Å². The number of nitrogens with two attached hydrogens (primary N) is 1. The number of ether oxygens (including phenoxy) is 1. The zero-order valence-corrected chi connectivity index (χ0v) is 10.5. The molecule has 6 nitrogen and oxygen atoms in total. The van der Waals surface area contributed by atoms with Gasteiger partial charge in [-0.25, -0.2) is 0 Å². The Kier molecular flexibility index (Phi) is 2.56. The molecule has 6 heteroatoms. The van der Waals surface area contributed by atoms with E-state index in [2.05, 4.69) is 15.2 Å². The molecule has 0 fully saturated rings. The second-order valence-corrected chi connectivity index (χ2v) is 4.14. The van der Waals surface area contributed by atoms with Gasteiger partial charge < -0.3 is 14.9 Å². The summed E-state index contributed by atoms with van der Waals surface area (Å²) in [6.45, 7) is 1.91. The number of aryl methyl sites for hydroxylation is 1. The van der Waals surface area contributed by atoms with E-state index in [4.69, 9.17) is 14.9 Å². The molecule has 0 saturated carbocycles. The van der Waals surface area contributed by atoms with Gasteiger partial charge in [-0.2, -0.15) is 0 Å². The van der Waals surface area contributed by atoms with Crippen molar-refractivity contribution >= 4 is 16.9 Å². The smallest absolute Gasteiger partial charge is 0.313 e. The van der Waals surface area contributed by atoms with Crippen molar-refractivity contribution in [3.05, 3.63) is 30.0 Å². The fraction of sp³-hybridized carbons (Fsp3) is 0.154. The molecule has 0 amide bonds. The largest absolute Gasteiger partial charge is 0.497 e. The highest BCUT2D eigenvalue weighted by Gasteiger charge is 2.13. The first-order valence-corrected chi connectivity index (χ1v) is 5.72. The fourth-order valence-corrected chi connectivity index (χ4v) is 1.98. The number of benzene rings is 1. The fourth-order valence-electron chi connectivity index (χ4n) is 1.98. The van der Waals surface area contributed by atoms with E-state index in [9.17, 15) is 0 Å². The lowest BCUT2D eigenvalue weighted by Gasteiger charge is -2.06. The first-order chi connectivity index (χ1) is 9.17. The number of fused-ring (bicyclic) bond motifs is 1. The van der Waals surface area contributed by atoms with E-state index in [0.29, 0.717) is 5.89 Å². The van der Waals surface area contributed by atoms with Crippen molar-refractivity contribution in [1.29, 1.82) is 0 Å². The number of nitrogen functional groups attached to an aromatic ring is 1. The van der Waals surface area contributed by atoms with E-state index in [1.165, 1.54) is 0 Å². The van der Waals surface area contributed by atoms with E-state index in [1.54, 1.807) is 7.11 Å². The molecule has 0 aliphatic carbocycles. The van der Waals surface area contributed by atoms with Crippen LogP contribution in [-0.2, 0) is 0 Å². The third kappa shape index (κ3) is 1.97. The summed E-state index contributed by atoms with van der Waals surface area (Å²) in [4.78, 5) is 4.47. The molecule has 19 heavy (non-hydrogen) atoms. The molecule has 3 aromatic rings. The molecule has 0 aliphatic heterocycles. The predicted molar refractivity (Wildman–Crippen MR) is 70.7 cm³/mol. The van der Waals surface area contributed by atoms with Crippen LogP contribution in [0.2, 0.25) is 0 Å². The normalized spacial score (nSPS) is 10.8. The number of pyridine rings is 1. The van der Waals surface area contributed by atoms with E-state index < -0.39 is 0 Å². The molecular weight excluding hydrogens is 244 g/mol. The molecule has 0 radical (unpaired) electrons. The number of rotatable bonds is 2. The van der Waals surface area contributed by atoms with Crippen LogP contribution >= 0.6 is 0 Å². The van der Waals surface area contributed by atoms with Crippen LogP contribution in [0.4, 0.5) is 6.01 Å². The molecule has 0 unspecified atom stereocenters. The van der Waals surface area contributed by atoms with Crippen molar-refractivity contribution in [2.24, 2.45) is 0 Å². The average Bonchev–Trinajstić information content (AvgIpc) is 2.84. The van der Waals surface area contributed by atoms with E-state index in [-0.39, 0.29) is 6.01 Å². The summed E-state index contributed by atoms with van der Waals surface area (Å²) in [7, 11) is 1.62. The second kappa shape index (κ2) is 4.24. The van der Waals surface area contributed by atoms with Gasteiger partial charge in [0.15, 0.2) is 0 Å². The summed E-state index contributed by atoms with van der Waals surface area (Å²) < 4.78 is 10.5. The van der Waals surface area contributed by atoms with Gasteiger partial charge in [-0.05, 0) is 31.2 Å². The molecule has 3 rings (SSSR count). The third-order valence-electron chi connectivity index (χ3n) is 2.81. The standard InChI is InChI=1S/C13H12N4O2/c1-7-5-10(12-16-17-13(14)19-12)9-6-8(18-2)3-4-11(9)15-7/h3-6H,1-2H3,(H2,14,17). The second-order valence-electron chi connectivity index (χ2n) is 4.14. The maximum absolute atomic E-state index is 5.47. The number of nitrogens with zero attached hydrogens (tertiary/aromatic N) is 3. The van der Waals surface area contributed by atoms with Crippen LogP contribution in [0.3, 0.4) is 0 Å². The highest BCUT2D eigenvalue weighted by atomic mass is 16.5. The Bertz CT molecular complexity index is 751. The summed E-state index contributed by atoms with van der Waals surface area (Å²) >= 11 is 0. The lowest BCUT2D eigenvalue weighted by Crippen LogP contribution is -1.90. The Hall–Kier alpha value is -2.63. The Morgan fingerprint density at radius 2 is 2.05 bits per heavy atom. The molecular formula is C13H12N4O2. The van der Waals surface area contributed by atoms with Crippen LogP contribution < -0.4 is 10.5 Å². The lowest BCUT2D eigenvalue weighted by molar-refractivity contribution is 0.415. The minimum absolute atomic E-state index is 0.0421. The molecule has 1 aromatic carbocycles. The minimum Gasteiger partial charge on any atom is -0.497 e. The Balaban J connectivity index is 2.32. The molecule has 0 atom stereocenters. The van der Waals surface area contributed by atoms with Crippen LogP contribution in [-0.4, -0.2) is 22.3 Å². The van der Waals surface area contributed by atoms with Crippen molar-refractivity contribution in [1.82, 2.24) is 15.2 Å². The Labute approximate surface area is 109 Å². The van der Waals surface area contributed by atoms with E-state index in [1.807, 2.05) is 31.2 Å². The van der Waals surface area contributed by atoms with Crippen molar-refractivity contribution < 1.29 is 9.15 Å². The van der Waals surface area contributed by atoms with Crippen LogP contribution in [0.25, 0.3) is 22.4 Å². The van der Waals surface area contributed by atoms with Crippen LogP contribution in [0.15, 0.2) is 28.7 Å². The first kappa shape index (κ1) is 11.5. The monoisotopic (exact) mass is 256 g/mol. The summed E-state index contributed by atoms with van der Waals surface area (Å²) in [5.41, 5.74) is 7.98. The van der Waals surface area contributed by atoms with Gasteiger partial charge in [0.2, 0.25) is 5.89 Å². The summed E-state index contributed by atoms with van der Waals surface area (Å²) in [6, 6.07) is 7.57. The minimum atomic E-state index is 0.0421. The molecule has 2 aromatic heterocycles. The number of methoxy groups -OCH3 is 1. The van der Waals surface area contributed by atoms with Crippen LogP contribution in [0.5, 0.6) is 5.75 Å². The van der Waals surface area contributed by atoms with Gasteiger partial charge in [0, 0.05) is 11.1 Å². The van der Waals surface area contributed by atoms with Gasteiger partial charge in [0.25, 0.3) is 0 Å². The summed E-state index contributed by atoms with van der Waals surface area (Å²) in [6.07, 6.45) is 0. The van der Waals surface area contributed by atoms with Gasteiger partial charge >= 0.3 is 6.01 Å². The van der Waals surface area contributed by atoms with Crippen LogP contribution in [0, 0.1) is 6.92 Å². The Morgan fingerprint density at radius 3 is 2.74 bits per heavy atom. The summed E-state index contributed by atoms with van der Waals surface area (Å²) in [5, 5.41) is 8.49.